The van der Waals surface area contributed by atoms with Gasteiger partial charge < -0.3 is 4.98 Å². The Morgan fingerprint density at radius 3 is 3.16 bits per heavy atom. The molecule has 19 heavy (non-hydrogen) atoms. The summed E-state index contributed by atoms with van der Waals surface area (Å²) in [5.41, 5.74) is 3.61. The highest BCUT2D eigenvalue weighted by atomic mass is 15.3. The monoisotopic (exact) mass is 249 g/mol. The van der Waals surface area contributed by atoms with Crippen molar-refractivity contribution in [3.8, 4) is 11.8 Å². The Kier molecular flexibility index (Phi) is 2.62. The zero-order valence-electron chi connectivity index (χ0n) is 10.3. The molecule has 1 N–H and O–H groups in total. The zero-order valence-corrected chi connectivity index (χ0v) is 10.3. The molecule has 3 rings (SSSR count). The van der Waals surface area contributed by atoms with E-state index in [2.05, 4.69) is 15.1 Å². The topological polar surface area (TPSA) is 70.3 Å². The first-order chi connectivity index (χ1) is 9.29. The molecule has 0 radical (unpaired) electrons. The van der Waals surface area contributed by atoms with E-state index in [1.165, 1.54) is 6.08 Å². The third-order valence-corrected chi connectivity index (χ3v) is 2.96. The highest BCUT2D eigenvalue weighted by molar-refractivity contribution is 5.84. The fourth-order valence-corrected chi connectivity index (χ4v) is 2.03. The van der Waals surface area contributed by atoms with Crippen LogP contribution in [0.3, 0.4) is 0 Å². The smallest absolute Gasteiger partial charge is 0.139 e. The van der Waals surface area contributed by atoms with Gasteiger partial charge in [-0.05, 0) is 25.1 Å². The molecule has 0 saturated carbocycles. The zero-order chi connectivity index (χ0) is 13.2. The third kappa shape index (κ3) is 1.89. The second-order valence-corrected chi connectivity index (χ2v) is 4.15. The molecule has 0 aromatic carbocycles. The third-order valence-electron chi connectivity index (χ3n) is 2.96. The van der Waals surface area contributed by atoms with Crippen molar-refractivity contribution < 1.29 is 0 Å². The highest BCUT2D eigenvalue weighted by Gasteiger charge is 2.08. The van der Waals surface area contributed by atoms with Crippen molar-refractivity contribution in [1.82, 2.24) is 19.7 Å². The number of aromatic amines is 1. The van der Waals surface area contributed by atoms with Crippen molar-refractivity contribution in [2.24, 2.45) is 0 Å². The molecule has 0 saturated heterocycles. The highest BCUT2D eigenvalue weighted by Crippen LogP contribution is 2.20. The molecule has 0 aliphatic carbocycles. The van der Waals surface area contributed by atoms with Gasteiger partial charge in [0, 0.05) is 35.6 Å². The molecule has 92 valence electrons. The van der Waals surface area contributed by atoms with E-state index in [4.69, 9.17) is 5.26 Å². The van der Waals surface area contributed by atoms with Crippen LogP contribution in [0.2, 0.25) is 0 Å². The van der Waals surface area contributed by atoms with Crippen LogP contribution in [0, 0.1) is 18.3 Å². The lowest BCUT2D eigenvalue weighted by Crippen LogP contribution is -1.96. The summed E-state index contributed by atoms with van der Waals surface area (Å²) in [5.74, 6) is 0. The van der Waals surface area contributed by atoms with Crippen LogP contribution < -0.4 is 0 Å². The number of fused-ring (bicyclic) bond motifs is 1. The van der Waals surface area contributed by atoms with Gasteiger partial charge in [-0.1, -0.05) is 0 Å². The second kappa shape index (κ2) is 4.42. The number of H-pyrrole nitrogens is 1. The number of hydrogen-bond donors (Lipinski definition) is 1. The molecule has 0 aliphatic heterocycles. The summed E-state index contributed by atoms with van der Waals surface area (Å²) in [6.45, 7) is 1.92. The molecule has 3 aromatic heterocycles. The molecule has 3 heterocycles. The summed E-state index contributed by atoms with van der Waals surface area (Å²) >= 11 is 0. The van der Waals surface area contributed by atoms with Crippen LogP contribution in [-0.2, 0) is 0 Å². The van der Waals surface area contributed by atoms with E-state index in [9.17, 15) is 0 Å². The van der Waals surface area contributed by atoms with E-state index in [1.807, 2.05) is 42.2 Å². The number of nitrogens with zero attached hydrogens (tertiary/aromatic N) is 4. The second-order valence-electron chi connectivity index (χ2n) is 4.15. The number of aryl methyl sites for hydroxylation is 1. The van der Waals surface area contributed by atoms with E-state index in [1.54, 1.807) is 12.3 Å². The van der Waals surface area contributed by atoms with Crippen LogP contribution >= 0.6 is 0 Å². The lowest BCUT2D eigenvalue weighted by Gasteiger charge is -2.01. The number of rotatable bonds is 2. The lowest BCUT2D eigenvalue weighted by molar-refractivity contribution is 0.868. The van der Waals surface area contributed by atoms with Crippen LogP contribution in [0.25, 0.3) is 22.8 Å². The number of nitriles is 1. The minimum absolute atomic E-state index is 0.833. The van der Waals surface area contributed by atoms with Crippen LogP contribution in [-0.4, -0.2) is 19.7 Å². The lowest BCUT2D eigenvalue weighted by atomic mass is 10.2. The van der Waals surface area contributed by atoms with Crippen molar-refractivity contribution in [3.63, 3.8) is 0 Å². The van der Waals surface area contributed by atoms with E-state index in [0.717, 1.165) is 28.0 Å². The van der Waals surface area contributed by atoms with Crippen LogP contribution in [0.15, 0.2) is 36.8 Å². The molecule has 0 fully saturated rings. The van der Waals surface area contributed by atoms with Crippen molar-refractivity contribution in [1.29, 1.82) is 5.26 Å². The van der Waals surface area contributed by atoms with Crippen molar-refractivity contribution in [2.75, 3.05) is 0 Å². The van der Waals surface area contributed by atoms with Crippen molar-refractivity contribution >= 4 is 17.1 Å². The number of nitrogens with one attached hydrogen (secondary N) is 1. The molecule has 0 atom stereocenters. The molecule has 0 amide bonds. The number of aromatic nitrogens is 4. The van der Waals surface area contributed by atoms with E-state index < -0.39 is 0 Å². The Morgan fingerprint density at radius 1 is 1.42 bits per heavy atom. The van der Waals surface area contributed by atoms with Gasteiger partial charge in [-0.2, -0.15) is 10.4 Å². The fraction of sp³-hybridized carbons (Fsp3) is 0.0714. The minimum atomic E-state index is 0.833. The van der Waals surface area contributed by atoms with Gasteiger partial charge in [-0.15, -0.1) is 0 Å². The number of allylic oxidation sites excluding steroid dienone is 1. The van der Waals surface area contributed by atoms with Gasteiger partial charge >= 0.3 is 0 Å². The fourth-order valence-electron chi connectivity index (χ4n) is 2.03. The molecule has 5 nitrogen and oxygen atoms in total. The summed E-state index contributed by atoms with van der Waals surface area (Å²) in [5, 5.41) is 14.1. The summed E-state index contributed by atoms with van der Waals surface area (Å²) in [7, 11) is 0. The van der Waals surface area contributed by atoms with Gasteiger partial charge in [0.1, 0.15) is 5.65 Å². The van der Waals surface area contributed by atoms with Gasteiger partial charge in [0.2, 0.25) is 0 Å². The summed E-state index contributed by atoms with van der Waals surface area (Å²) in [6.07, 6.45) is 8.72. The van der Waals surface area contributed by atoms with Crippen molar-refractivity contribution in [2.45, 2.75) is 6.92 Å². The molecule has 3 aromatic rings. The molecule has 0 unspecified atom stereocenters. The standard InChI is InChI=1S/C14H11N5/c1-10-11(3-2-6-15)9-19(18-10)13-5-8-17-14-12(13)4-7-16-14/h2-5,7-9H,1H3,(H,16,17). The normalized spacial score (nSPS) is 11.2. The quantitative estimate of drug-likeness (QED) is 0.709. The van der Waals surface area contributed by atoms with Crippen LogP contribution in [0.1, 0.15) is 11.3 Å². The number of hydrogen-bond acceptors (Lipinski definition) is 3. The molecule has 0 bridgehead atoms. The first-order valence-corrected chi connectivity index (χ1v) is 5.84. The van der Waals surface area contributed by atoms with E-state index in [0.29, 0.717) is 0 Å². The Bertz CT molecular complexity index is 801. The van der Waals surface area contributed by atoms with E-state index >= 15 is 0 Å². The number of pyridine rings is 1. The molecule has 0 spiro atoms. The van der Waals surface area contributed by atoms with Gasteiger partial charge in [0.15, 0.2) is 0 Å². The summed E-state index contributed by atoms with van der Waals surface area (Å²) in [4.78, 5) is 7.33. The Morgan fingerprint density at radius 2 is 2.32 bits per heavy atom. The van der Waals surface area contributed by atoms with Gasteiger partial charge in [0.05, 0.1) is 17.5 Å². The maximum atomic E-state index is 8.58. The van der Waals surface area contributed by atoms with Crippen molar-refractivity contribution in [3.05, 3.63) is 48.1 Å². The van der Waals surface area contributed by atoms with Crippen LogP contribution in [0.5, 0.6) is 0 Å². The molecular weight excluding hydrogens is 238 g/mol. The summed E-state index contributed by atoms with van der Waals surface area (Å²) < 4.78 is 1.81. The predicted molar refractivity (Wildman–Crippen MR) is 72.6 cm³/mol. The Balaban J connectivity index is 2.15. The average Bonchev–Trinajstić information content (AvgIpc) is 3.02. The predicted octanol–water partition coefficient (Wildman–Crippen LogP) is 2.59. The van der Waals surface area contributed by atoms with Gasteiger partial charge in [0.25, 0.3) is 0 Å². The van der Waals surface area contributed by atoms with Crippen LogP contribution in [0.4, 0.5) is 0 Å². The first-order valence-electron chi connectivity index (χ1n) is 5.84. The Hall–Kier alpha value is -2.87. The average molecular weight is 249 g/mol. The minimum Gasteiger partial charge on any atom is -0.346 e. The van der Waals surface area contributed by atoms with Gasteiger partial charge in [-0.25, -0.2) is 9.67 Å². The summed E-state index contributed by atoms with van der Waals surface area (Å²) in [6, 6.07) is 5.87. The molecule has 5 heteroatoms. The first kappa shape index (κ1) is 11.2. The van der Waals surface area contributed by atoms with E-state index in [-0.39, 0.29) is 0 Å². The SMILES string of the molecule is Cc1nn(-c2ccnc3[nH]ccc23)cc1C=CC#N. The molecular formula is C14H11N5. The largest absolute Gasteiger partial charge is 0.346 e. The molecule has 0 aliphatic rings. The maximum Gasteiger partial charge on any atom is 0.139 e. The Labute approximate surface area is 109 Å². The maximum absolute atomic E-state index is 8.58. The van der Waals surface area contributed by atoms with Gasteiger partial charge in [-0.3, -0.25) is 0 Å².